The highest BCUT2D eigenvalue weighted by molar-refractivity contribution is 9.10. The van der Waals surface area contributed by atoms with Crippen LogP contribution in [-0.4, -0.2) is 34.0 Å². The van der Waals surface area contributed by atoms with Gasteiger partial charge < -0.3 is 14.2 Å². The van der Waals surface area contributed by atoms with Gasteiger partial charge >= 0.3 is 0 Å². The number of nitrogens with zero attached hydrogens (tertiary/aromatic N) is 3. The van der Waals surface area contributed by atoms with Gasteiger partial charge in [-0.25, -0.2) is 4.98 Å². The summed E-state index contributed by atoms with van der Waals surface area (Å²) in [6.07, 6.45) is 7.50. The van der Waals surface area contributed by atoms with Crippen molar-refractivity contribution in [3.63, 3.8) is 0 Å². The summed E-state index contributed by atoms with van der Waals surface area (Å²) in [4.78, 5) is 20.7. The lowest BCUT2D eigenvalue weighted by atomic mass is 9.99. The van der Waals surface area contributed by atoms with Crippen LogP contribution in [0.2, 0.25) is 0 Å². The molecule has 7 heteroatoms. The standard InChI is InChI=1S/C23H24BrN3O2S/c1-15-12-26(14-25-15)20-7-6-17(10-21(20)29-3)9-18-5-4-8-27(23(18)28)16(2)22-11-19(24)13-30-22/h6-7,9-14,16H,4-5,8H2,1-3H3/b18-9+/t16-/m1/s1. The van der Waals surface area contributed by atoms with E-state index in [1.54, 1.807) is 24.8 Å². The zero-order valence-corrected chi connectivity index (χ0v) is 19.7. The highest BCUT2D eigenvalue weighted by Crippen LogP contribution is 2.33. The van der Waals surface area contributed by atoms with E-state index in [-0.39, 0.29) is 11.9 Å². The first-order chi connectivity index (χ1) is 14.5. The molecule has 1 amide bonds. The van der Waals surface area contributed by atoms with Gasteiger partial charge in [0.25, 0.3) is 0 Å². The second kappa shape index (κ2) is 8.78. The van der Waals surface area contributed by atoms with Crippen LogP contribution in [-0.2, 0) is 4.79 Å². The van der Waals surface area contributed by atoms with E-state index in [0.717, 1.165) is 52.1 Å². The molecule has 0 unspecified atom stereocenters. The maximum absolute atomic E-state index is 13.2. The van der Waals surface area contributed by atoms with Gasteiger partial charge in [-0.2, -0.15) is 0 Å². The Kier molecular flexibility index (Phi) is 6.11. The van der Waals surface area contributed by atoms with E-state index < -0.39 is 0 Å². The summed E-state index contributed by atoms with van der Waals surface area (Å²) in [7, 11) is 1.66. The summed E-state index contributed by atoms with van der Waals surface area (Å²) in [6, 6.07) is 8.17. The molecule has 4 rings (SSSR count). The van der Waals surface area contributed by atoms with E-state index in [1.165, 1.54) is 4.88 Å². The highest BCUT2D eigenvalue weighted by atomic mass is 79.9. The van der Waals surface area contributed by atoms with E-state index in [9.17, 15) is 4.79 Å². The summed E-state index contributed by atoms with van der Waals surface area (Å²) in [6.45, 7) is 4.84. The number of aryl methyl sites for hydroxylation is 1. The number of rotatable bonds is 5. The maximum atomic E-state index is 13.2. The first-order valence-corrected chi connectivity index (χ1v) is 11.6. The van der Waals surface area contributed by atoms with E-state index in [4.69, 9.17) is 4.74 Å². The van der Waals surface area contributed by atoms with E-state index in [1.807, 2.05) is 46.9 Å². The average molecular weight is 486 g/mol. The Labute approximate surface area is 189 Å². The number of imidazole rings is 1. The van der Waals surface area contributed by atoms with Crippen molar-refractivity contribution in [2.24, 2.45) is 0 Å². The molecule has 0 N–H and O–H groups in total. The summed E-state index contributed by atoms with van der Waals surface area (Å²) < 4.78 is 8.62. The molecule has 0 radical (unpaired) electrons. The molecule has 1 aliphatic rings. The third-order valence-electron chi connectivity index (χ3n) is 5.38. The van der Waals surface area contributed by atoms with Crippen LogP contribution in [0.15, 0.2) is 52.2 Å². The molecule has 156 valence electrons. The monoisotopic (exact) mass is 485 g/mol. The fourth-order valence-electron chi connectivity index (χ4n) is 3.79. The van der Waals surface area contributed by atoms with E-state index in [0.29, 0.717) is 0 Å². The van der Waals surface area contributed by atoms with Crippen molar-refractivity contribution in [2.45, 2.75) is 32.7 Å². The lowest BCUT2D eigenvalue weighted by Gasteiger charge is -2.33. The lowest BCUT2D eigenvalue weighted by Crippen LogP contribution is -2.38. The van der Waals surface area contributed by atoms with Gasteiger partial charge in [0.2, 0.25) is 5.91 Å². The second-order valence-electron chi connectivity index (χ2n) is 7.47. The zero-order valence-electron chi connectivity index (χ0n) is 17.3. The van der Waals surface area contributed by atoms with Crippen LogP contribution < -0.4 is 4.74 Å². The molecular formula is C23H24BrN3O2S. The molecule has 30 heavy (non-hydrogen) atoms. The zero-order chi connectivity index (χ0) is 21.3. The minimum Gasteiger partial charge on any atom is -0.495 e. The Morgan fingerprint density at radius 1 is 1.33 bits per heavy atom. The predicted octanol–water partition coefficient (Wildman–Crippen LogP) is 5.78. The summed E-state index contributed by atoms with van der Waals surface area (Å²) in [5.41, 5.74) is 3.68. The molecule has 1 aromatic carbocycles. The van der Waals surface area contributed by atoms with Crippen LogP contribution in [0.4, 0.5) is 0 Å². The Bertz CT molecular complexity index is 1100. The van der Waals surface area contributed by atoms with Crippen molar-refractivity contribution in [1.82, 2.24) is 14.5 Å². The van der Waals surface area contributed by atoms with Crippen molar-refractivity contribution in [3.8, 4) is 11.4 Å². The Hall–Kier alpha value is -2.38. The molecule has 0 saturated carbocycles. The van der Waals surface area contributed by atoms with Crippen LogP contribution in [0.5, 0.6) is 5.75 Å². The normalized spacial score (nSPS) is 16.9. The largest absolute Gasteiger partial charge is 0.495 e. The average Bonchev–Trinajstić information content (AvgIpc) is 3.37. The molecular weight excluding hydrogens is 462 g/mol. The van der Waals surface area contributed by atoms with Gasteiger partial charge in [-0.05, 0) is 72.5 Å². The molecule has 5 nitrogen and oxygen atoms in total. The number of amides is 1. The Balaban J connectivity index is 1.60. The molecule has 1 saturated heterocycles. The third kappa shape index (κ3) is 4.23. The predicted molar refractivity (Wildman–Crippen MR) is 124 cm³/mol. The number of halogens is 1. The molecule has 2 aromatic heterocycles. The molecule has 0 spiro atoms. The van der Waals surface area contributed by atoms with Gasteiger partial charge in [0.15, 0.2) is 0 Å². The molecule has 0 bridgehead atoms. The van der Waals surface area contributed by atoms with Crippen molar-refractivity contribution in [1.29, 1.82) is 0 Å². The first kappa shape index (κ1) is 20.9. The molecule has 3 heterocycles. The number of piperidine rings is 1. The van der Waals surface area contributed by atoms with Gasteiger partial charge in [0.1, 0.15) is 5.75 Å². The number of hydrogen-bond acceptors (Lipinski definition) is 4. The quantitative estimate of drug-likeness (QED) is 0.430. The number of ether oxygens (including phenoxy) is 1. The van der Waals surface area contributed by atoms with Crippen LogP contribution >= 0.6 is 27.3 Å². The van der Waals surface area contributed by atoms with Crippen LogP contribution in [0, 0.1) is 6.92 Å². The van der Waals surface area contributed by atoms with E-state index >= 15 is 0 Å². The van der Waals surface area contributed by atoms with Crippen LogP contribution in [0.25, 0.3) is 11.8 Å². The summed E-state index contributed by atoms with van der Waals surface area (Å²) in [5, 5.41) is 2.06. The number of methoxy groups -OCH3 is 1. The maximum Gasteiger partial charge on any atom is 0.250 e. The highest BCUT2D eigenvalue weighted by Gasteiger charge is 2.28. The Morgan fingerprint density at radius 3 is 2.83 bits per heavy atom. The van der Waals surface area contributed by atoms with Gasteiger partial charge in [0.05, 0.1) is 30.9 Å². The molecule has 1 atom stereocenters. The first-order valence-electron chi connectivity index (χ1n) is 9.90. The van der Waals surface area contributed by atoms with Gasteiger partial charge in [-0.3, -0.25) is 4.79 Å². The molecule has 1 fully saturated rings. The number of likely N-dealkylation sites (tertiary alicyclic amines) is 1. The van der Waals surface area contributed by atoms with Crippen LogP contribution in [0.3, 0.4) is 0 Å². The summed E-state index contributed by atoms with van der Waals surface area (Å²) >= 11 is 5.19. The van der Waals surface area contributed by atoms with Gasteiger partial charge in [-0.1, -0.05) is 6.07 Å². The summed E-state index contributed by atoms with van der Waals surface area (Å²) in [5.74, 6) is 0.866. The fourth-order valence-corrected chi connectivity index (χ4v) is 5.30. The lowest BCUT2D eigenvalue weighted by molar-refractivity contribution is -0.130. The number of carbonyl (C=O) groups excluding carboxylic acids is 1. The Morgan fingerprint density at radius 2 is 2.17 bits per heavy atom. The number of aromatic nitrogens is 2. The number of thiophene rings is 1. The topological polar surface area (TPSA) is 47.4 Å². The molecule has 0 aliphatic carbocycles. The van der Waals surface area contributed by atoms with E-state index in [2.05, 4.69) is 39.3 Å². The van der Waals surface area contributed by atoms with Crippen molar-refractivity contribution >= 4 is 39.2 Å². The van der Waals surface area contributed by atoms with Crippen molar-refractivity contribution in [3.05, 3.63) is 68.4 Å². The van der Waals surface area contributed by atoms with Gasteiger partial charge in [-0.15, -0.1) is 11.3 Å². The van der Waals surface area contributed by atoms with Gasteiger partial charge in [0, 0.05) is 33.0 Å². The second-order valence-corrected chi connectivity index (χ2v) is 9.33. The number of hydrogen-bond donors (Lipinski definition) is 0. The minimum atomic E-state index is 0.0684. The fraction of sp³-hybridized carbons (Fsp3) is 0.304. The molecule has 1 aliphatic heterocycles. The third-order valence-corrected chi connectivity index (χ3v) is 7.25. The van der Waals surface area contributed by atoms with Crippen LogP contribution in [0.1, 0.15) is 41.9 Å². The number of carbonyl (C=O) groups is 1. The minimum absolute atomic E-state index is 0.0684. The van der Waals surface area contributed by atoms with Crippen molar-refractivity contribution in [2.75, 3.05) is 13.7 Å². The SMILES string of the molecule is COc1cc(/C=C2\CCCN([C@H](C)c3cc(Br)cs3)C2=O)ccc1-n1cnc(C)c1. The van der Waals surface area contributed by atoms with Crippen molar-refractivity contribution < 1.29 is 9.53 Å². The molecule has 3 aromatic rings. The number of benzene rings is 1. The smallest absolute Gasteiger partial charge is 0.250 e.